The Morgan fingerprint density at radius 2 is 2.16 bits per heavy atom. The largest absolute Gasteiger partial charge is 0.361 e. The average molecular weight is 410 g/mol. The number of rotatable bonds is 5. The van der Waals surface area contributed by atoms with E-state index in [0.717, 1.165) is 21.9 Å². The van der Waals surface area contributed by atoms with Gasteiger partial charge in [-0.2, -0.15) is 0 Å². The van der Waals surface area contributed by atoms with Gasteiger partial charge in [0.2, 0.25) is 0 Å². The molecule has 0 saturated heterocycles. The third kappa shape index (κ3) is 4.14. The van der Waals surface area contributed by atoms with Gasteiger partial charge < -0.3 is 9.30 Å². The molecule has 0 fully saturated rings. The van der Waals surface area contributed by atoms with Crippen LogP contribution in [-0.2, 0) is 11.5 Å². The lowest BCUT2D eigenvalue weighted by atomic mass is 10.4. The lowest BCUT2D eigenvalue weighted by Gasteiger charge is -2.15. The SMILES string of the molecule is C[Si](C)(C)CCOCn1cnc2nc(I)c(Cl)cc21. The first kappa shape index (κ1) is 15.2. The summed E-state index contributed by atoms with van der Waals surface area (Å²) < 4.78 is 8.43. The van der Waals surface area contributed by atoms with Gasteiger partial charge in [0.1, 0.15) is 10.4 Å². The van der Waals surface area contributed by atoms with Gasteiger partial charge in [-0.15, -0.1) is 0 Å². The average Bonchev–Trinajstić information content (AvgIpc) is 2.67. The van der Waals surface area contributed by atoms with Gasteiger partial charge in [-0.05, 0) is 34.7 Å². The summed E-state index contributed by atoms with van der Waals surface area (Å²) >= 11 is 8.20. The van der Waals surface area contributed by atoms with Crippen molar-refractivity contribution in [3.63, 3.8) is 0 Å². The number of halogens is 2. The number of aromatic nitrogens is 3. The van der Waals surface area contributed by atoms with Crippen molar-refractivity contribution in [2.45, 2.75) is 32.4 Å². The van der Waals surface area contributed by atoms with Crippen molar-refractivity contribution in [2.24, 2.45) is 0 Å². The molecule has 0 N–H and O–H groups in total. The van der Waals surface area contributed by atoms with E-state index in [-0.39, 0.29) is 0 Å². The molecule has 2 aromatic rings. The number of ether oxygens (including phenoxy) is 1. The molecule has 0 aliphatic rings. The molecule has 2 heterocycles. The van der Waals surface area contributed by atoms with Crippen LogP contribution in [0.25, 0.3) is 11.2 Å². The van der Waals surface area contributed by atoms with Crippen LogP contribution in [0.4, 0.5) is 0 Å². The Hall–Kier alpha value is -0.183. The molecule has 0 radical (unpaired) electrons. The second-order valence-electron chi connectivity index (χ2n) is 5.67. The van der Waals surface area contributed by atoms with Crippen LogP contribution >= 0.6 is 34.2 Å². The predicted octanol–water partition coefficient (Wildman–Crippen LogP) is 4.00. The lowest BCUT2D eigenvalue weighted by Crippen LogP contribution is -2.21. The van der Waals surface area contributed by atoms with Crippen molar-refractivity contribution < 1.29 is 4.74 Å². The minimum atomic E-state index is -1.03. The topological polar surface area (TPSA) is 39.9 Å². The summed E-state index contributed by atoms with van der Waals surface area (Å²) in [5, 5.41) is 0.650. The fraction of sp³-hybridized carbons (Fsp3) is 0.500. The van der Waals surface area contributed by atoms with Crippen molar-refractivity contribution in [1.82, 2.24) is 14.5 Å². The molecule has 0 spiro atoms. The van der Waals surface area contributed by atoms with Crippen LogP contribution in [0.15, 0.2) is 12.4 Å². The van der Waals surface area contributed by atoms with Gasteiger partial charge in [0.25, 0.3) is 0 Å². The highest BCUT2D eigenvalue weighted by atomic mass is 127. The summed E-state index contributed by atoms with van der Waals surface area (Å²) in [6.45, 7) is 8.32. The summed E-state index contributed by atoms with van der Waals surface area (Å²) in [5.74, 6) is 0. The molecule has 104 valence electrons. The molecule has 19 heavy (non-hydrogen) atoms. The first-order chi connectivity index (χ1) is 8.87. The molecule has 0 aromatic carbocycles. The Bertz CT molecular complexity index is 582. The van der Waals surface area contributed by atoms with Crippen LogP contribution in [0.2, 0.25) is 30.7 Å². The molecule has 0 bridgehead atoms. The molecule has 0 unspecified atom stereocenters. The zero-order chi connectivity index (χ0) is 14.0. The third-order valence-corrected chi connectivity index (χ3v) is 5.88. The van der Waals surface area contributed by atoms with E-state index in [1.807, 2.05) is 10.6 Å². The first-order valence-electron chi connectivity index (χ1n) is 6.11. The van der Waals surface area contributed by atoms with Crippen LogP contribution < -0.4 is 0 Å². The summed E-state index contributed by atoms with van der Waals surface area (Å²) in [4.78, 5) is 8.60. The highest BCUT2D eigenvalue weighted by Crippen LogP contribution is 2.21. The van der Waals surface area contributed by atoms with E-state index in [2.05, 4.69) is 52.2 Å². The van der Waals surface area contributed by atoms with E-state index in [4.69, 9.17) is 16.3 Å². The van der Waals surface area contributed by atoms with E-state index in [1.165, 1.54) is 0 Å². The number of pyridine rings is 1. The van der Waals surface area contributed by atoms with Crippen LogP contribution in [0, 0.1) is 3.70 Å². The second kappa shape index (κ2) is 6.07. The zero-order valence-corrected chi connectivity index (χ0v) is 15.2. The Balaban J connectivity index is 2.03. The number of hydrogen-bond donors (Lipinski definition) is 0. The number of imidazole rings is 1. The number of nitrogens with zero attached hydrogens (tertiary/aromatic N) is 3. The lowest BCUT2D eigenvalue weighted by molar-refractivity contribution is 0.0898. The Morgan fingerprint density at radius 1 is 1.42 bits per heavy atom. The van der Waals surface area contributed by atoms with E-state index in [0.29, 0.717) is 17.4 Å². The standard InChI is InChI=1S/C12H17ClIN3OSi/c1-19(2,3)5-4-18-8-17-7-15-12-10(17)6-9(13)11(14)16-12/h6-7H,4-5,8H2,1-3H3. The fourth-order valence-electron chi connectivity index (χ4n) is 1.58. The van der Waals surface area contributed by atoms with Gasteiger partial charge in [-0.3, -0.25) is 0 Å². The van der Waals surface area contributed by atoms with Crippen LogP contribution in [-0.4, -0.2) is 29.2 Å². The summed E-state index contributed by atoms with van der Waals surface area (Å²) in [6, 6.07) is 3.05. The van der Waals surface area contributed by atoms with Crippen LogP contribution in [0.3, 0.4) is 0 Å². The highest BCUT2D eigenvalue weighted by Gasteiger charge is 2.12. The maximum atomic E-state index is 6.09. The number of hydrogen-bond acceptors (Lipinski definition) is 3. The van der Waals surface area contributed by atoms with E-state index in [9.17, 15) is 0 Å². The molecule has 0 amide bonds. The van der Waals surface area contributed by atoms with Crippen molar-refractivity contribution in [3.05, 3.63) is 21.1 Å². The monoisotopic (exact) mass is 409 g/mol. The molecule has 0 aliphatic heterocycles. The Morgan fingerprint density at radius 3 is 2.84 bits per heavy atom. The third-order valence-electron chi connectivity index (χ3n) is 2.75. The molecule has 0 aliphatic carbocycles. The smallest absolute Gasteiger partial charge is 0.178 e. The minimum Gasteiger partial charge on any atom is -0.361 e. The van der Waals surface area contributed by atoms with Gasteiger partial charge in [-0.1, -0.05) is 31.2 Å². The molecular formula is C12H17ClIN3OSi. The van der Waals surface area contributed by atoms with Gasteiger partial charge in [0, 0.05) is 14.7 Å². The minimum absolute atomic E-state index is 0.500. The van der Waals surface area contributed by atoms with Crippen molar-refractivity contribution in [1.29, 1.82) is 0 Å². The van der Waals surface area contributed by atoms with Gasteiger partial charge in [0.05, 0.1) is 16.9 Å². The molecule has 0 atom stereocenters. The van der Waals surface area contributed by atoms with E-state index < -0.39 is 8.07 Å². The van der Waals surface area contributed by atoms with Crippen molar-refractivity contribution in [2.75, 3.05) is 6.61 Å². The summed E-state index contributed by atoms with van der Waals surface area (Å²) in [5.41, 5.74) is 1.63. The van der Waals surface area contributed by atoms with Gasteiger partial charge >= 0.3 is 0 Å². The predicted molar refractivity (Wildman–Crippen MR) is 89.4 cm³/mol. The second-order valence-corrected chi connectivity index (χ2v) is 12.7. The van der Waals surface area contributed by atoms with E-state index in [1.54, 1.807) is 6.33 Å². The van der Waals surface area contributed by atoms with E-state index >= 15 is 0 Å². The fourth-order valence-corrected chi connectivity index (χ4v) is 2.87. The quantitative estimate of drug-likeness (QED) is 0.324. The normalized spacial score (nSPS) is 12.3. The first-order valence-corrected chi connectivity index (χ1v) is 11.3. The van der Waals surface area contributed by atoms with Crippen molar-refractivity contribution in [3.8, 4) is 0 Å². The maximum absolute atomic E-state index is 6.09. The van der Waals surface area contributed by atoms with Crippen LogP contribution in [0.1, 0.15) is 0 Å². The molecule has 7 heteroatoms. The molecule has 4 nitrogen and oxygen atoms in total. The highest BCUT2D eigenvalue weighted by molar-refractivity contribution is 14.1. The maximum Gasteiger partial charge on any atom is 0.178 e. The van der Waals surface area contributed by atoms with Gasteiger partial charge in [-0.25, -0.2) is 9.97 Å². The molecule has 2 rings (SSSR count). The molecule has 0 saturated carbocycles. The molecular weight excluding hydrogens is 393 g/mol. The zero-order valence-electron chi connectivity index (χ0n) is 11.3. The Kier molecular flexibility index (Phi) is 4.86. The Labute approximate surface area is 132 Å². The van der Waals surface area contributed by atoms with Gasteiger partial charge in [0.15, 0.2) is 5.65 Å². The molecule has 2 aromatic heterocycles. The van der Waals surface area contributed by atoms with Crippen molar-refractivity contribution >= 4 is 53.4 Å². The van der Waals surface area contributed by atoms with Crippen LogP contribution in [0.5, 0.6) is 0 Å². The number of fused-ring (bicyclic) bond motifs is 1. The summed E-state index contributed by atoms with van der Waals surface area (Å²) in [6.07, 6.45) is 1.75. The summed E-state index contributed by atoms with van der Waals surface area (Å²) in [7, 11) is -1.03.